The Bertz CT molecular complexity index is 682. The maximum Gasteiger partial charge on any atom is 0.325 e. The molecule has 7 heteroatoms. The molecule has 7 nitrogen and oxygen atoms in total. The summed E-state index contributed by atoms with van der Waals surface area (Å²) in [7, 11) is 0. The maximum atomic E-state index is 11.7. The van der Waals surface area contributed by atoms with Crippen LogP contribution in [0, 0.1) is 6.92 Å². The summed E-state index contributed by atoms with van der Waals surface area (Å²) in [5, 5.41) is 2.63. The Hall–Kier alpha value is -2.57. The van der Waals surface area contributed by atoms with E-state index in [4.69, 9.17) is 4.42 Å². The normalized spacial score (nSPS) is 10.4. The van der Waals surface area contributed by atoms with Gasteiger partial charge in [-0.2, -0.15) is 0 Å². The van der Waals surface area contributed by atoms with Crippen molar-refractivity contribution in [2.75, 3.05) is 0 Å². The Kier molecular flexibility index (Phi) is 3.65. The number of H-pyrrole nitrogens is 2. The molecule has 100 valence electrons. The van der Waals surface area contributed by atoms with Crippen LogP contribution < -0.4 is 16.6 Å². The summed E-state index contributed by atoms with van der Waals surface area (Å²) >= 11 is 0. The third-order valence-electron chi connectivity index (χ3n) is 2.63. The van der Waals surface area contributed by atoms with E-state index in [1.54, 1.807) is 19.1 Å². The van der Waals surface area contributed by atoms with E-state index in [9.17, 15) is 14.4 Å². The molecule has 0 spiro atoms. The van der Waals surface area contributed by atoms with Crippen molar-refractivity contribution in [1.29, 1.82) is 0 Å². The van der Waals surface area contributed by atoms with Gasteiger partial charge < -0.3 is 14.7 Å². The number of hydrogen-bond donors (Lipinski definition) is 3. The largest absolute Gasteiger partial charge is 0.467 e. The van der Waals surface area contributed by atoms with Gasteiger partial charge in [-0.25, -0.2) is 4.79 Å². The molecule has 0 aromatic carbocycles. The molecule has 0 saturated carbocycles. The fraction of sp³-hybridized carbons (Fsp3) is 0.250. The topological polar surface area (TPSA) is 108 Å². The molecule has 1 amide bonds. The van der Waals surface area contributed by atoms with Gasteiger partial charge in [0.15, 0.2) is 0 Å². The Morgan fingerprint density at radius 2 is 2.16 bits per heavy atom. The predicted molar refractivity (Wildman–Crippen MR) is 66.7 cm³/mol. The first-order chi connectivity index (χ1) is 9.06. The number of carbonyl (C=O) groups excluding carboxylic acids is 1. The number of amides is 1. The highest BCUT2D eigenvalue weighted by Gasteiger charge is 2.11. The molecule has 0 aliphatic rings. The van der Waals surface area contributed by atoms with Gasteiger partial charge in [0.1, 0.15) is 5.76 Å². The number of aryl methyl sites for hydroxylation is 1. The van der Waals surface area contributed by atoms with Crippen molar-refractivity contribution in [3.05, 3.63) is 56.3 Å². The van der Waals surface area contributed by atoms with Crippen LogP contribution in [0.15, 0.2) is 32.4 Å². The lowest BCUT2D eigenvalue weighted by molar-refractivity contribution is -0.120. The number of carbonyl (C=O) groups is 1. The van der Waals surface area contributed by atoms with Crippen molar-refractivity contribution < 1.29 is 9.21 Å². The second-order valence-electron chi connectivity index (χ2n) is 4.04. The van der Waals surface area contributed by atoms with E-state index in [1.807, 2.05) is 0 Å². The summed E-state index contributed by atoms with van der Waals surface area (Å²) in [6.07, 6.45) is 1.41. The van der Waals surface area contributed by atoms with Crippen LogP contribution in [0.4, 0.5) is 0 Å². The number of rotatable bonds is 4. The SMILES string of the molecule is Cc1[nH]c(=O)[nH]c(=O)c1CC(=O)NCc1ccco1. The zero-order chi connectivity index (χ0) is 13.8. The molecule has 0 radical (unpaired) electrons. The molecule has 2 rings (SSSR count). The number of aromatic amines is 2. The van der Waals surface area contributed by atoms with E-state index in [1.165, 1.54) is 6.26 Å². The molecule has 0 fully saturated rings. The zero-order valence-electron chi connectivity index (χ0n) is 10.3. The summed E-state index contributed by atoms with van der Waals surface area (Å²) in [5.74, 6) is 0.303. The average molecular weight is 263 g/mol. The van der Waals surface area contributed by atoms with Crippen LogP contribution in [0.2, 0.25) is 0 Å². The van der Waals surface area contributed by atoms with Gasteiger partial charge in [-0.1, -0.05) is 0 Å². The summed E-state index contributed by atoms with van der Waals surface area (Å²) in [4.78, 5) is 38.8. The molecule has 2 aromatic heterocycles. The zero-order valence-corrected chi connectivity index (χ0v) is 10.3. The van der Waals surface area contributed by atoms with Gasteiger partial charge in [0, 0.05) is 11.3 Å². The van der Waals surface area contributed by atoms with E-state index < -0.39 is 11.2 Å². The van der Waals surface area contributed by atoms with Gasteiger partial charge in [-0.3, -0.25) is 14.6 Å². The fourth-order valence-electron chi connectivity index (χ4n) is 1.66. The fourth-order valence-corrected chi connectivity index (χ4v) is 1.66. The minimum Gasteiger partial charge on any atom is -0.467 e. The van der Waals surface area contributed by atoms with Gasteiger partial charge in [0.2, 0.25) is 5.91 Å². The van der Waals surface area contributed by atoms with Crippen molar-refractivity contribution in [2.24, 2.45) is 0 Å². The van der Waals surface area contributed by atoms with Crippen LogP contribution in [-0.4, -0.2) is 15.9 Å². The van der Waals surface area contributed by atoms with Crippen LogP contribution in [0.25, 0.3) is 0 Å². The molecule has 0 aliphatic heterocycles. The molecule has 2 heterocycles. The average Bonchev–Trinajstić information content (AvgIpc) is 2.84. The van der Waals surface area contributed by atoms with E-state index in [-0.39, 0.29) is 24.4 Å². The van der Waals surface area contributed by atoms with Crippen LogP contribution >= 0.6 is 0 Å². The van der Waals surface area contributed by atoms with Crippen molar-refractivity contribution in [3.63, 3.8) is 0 Å². The molecular weight excluding hydrogens is 250 g/mol. The molecule has 0 aliphatic carbocycles. The van der Waals surface area contributed by atoms with E-state index in [2.05, 4.69) is 15.3 Å². The van der Waals surface area contributed by atoms with E-state index >= 15 is 0 Å². The van der Waals surface area contributed by atoms with Gasteiger partial charge >= 0.3 is 5.69 Å². The smallest absolute Gasteiger partial charge is 0.325 e. The first kappa shape index (κ1) is 12.9. The number of nitrogens with one attached hydrogen (secondary N) is 3. The standard InChI is InChI=1S/C12H13N3O4/c1-7-9(11(17)15-12(18)14-7)5-10(16)13-6-8-3-2-4-19-8/h2-4H,5-6H2,1H3,(H,13,16)(H2,14,15,17,18). The quantitative estimate of drug-likeness (QED) is 0.711. The Balaban J connectivity index is 2.03. The Labute approximate surface area is 107 Å². The third-order valence-corrected chi connectivity index (χ3v) is 2.63. The first-order valence-corrected chi connectivity index (χ1v) is 5.67. The van der Waals surface area contributed by atoms with Crippen LogP contribution in [0.3, 0.4) is 0 Å². The highest BCUT2D eigenvalue weighted by molar-refractivity contribution is 5.78. The minimum atomic E-state index is -0.581. The maximum absolute atomic E-state index is 11.7. The number of furan rings is 1. The van der Waals surface area contributed by atoms with Crippen molar-refractivity contribution in [1.82, 2.24) is 15.3 Å². The van der Waals surface area contributed by atoms with E-state index in [0.717, 1.165) is 0 Å². The van der Waals surface area contributed by atoms with Gasteiger partial charge in [0.05, 0.1) is 19.2 Å². The highest BCUT2D eigenvalue weighted by Crippen LogP contribution is 2.00. The summed E-state index contributed by atoms with van der Waals surface area (Å²) in [5.41, 5.74) is -0.491. The third kappa shape index (κ3) is 3.21. The molecule has 19 heavy (non-hydrogen) atoms. The molecule has 0 atom stereocenters. The number of aromatic nitrogens is 2. The van der Waals surface area contributed by atoms with Crippen LogP contribution in [0.1, 0.15) is 17.0 Å². The van der Waals surface area contributed by atoms with Gasteiger partial charge in [-0.05, 0) is 19.1 Å². The molecule has 2 aromatic rings. The van der Waals surface area contributed by atoms with Crippen molar-refractivity contribution >= 4 is 5.91 Å². The van der Waals surface area contributed by atoms with Crippen molar-refractivity contribution in [3.8, 4) is 0 Å². The predicted octanol–water partition coefficient (Wildman–Crippen LogP) is -0.176. The summed E-state index contributed by atoms with van der Waals surface area (Å²) < 4.78 is 5.07. The summed E-state index contributed by atoms with van der Waals surface area (Å²) in [6, 6.07) is 3.45. The second-order valence-corrected chi connectivity index (χ2v) is 4.04. The lowest BCUT2D eigenvalue weighted by Gasteiger charge is -2.05. The second kappa shape index (κ2) is 5.38. The first-order valence-electron chi connectivity index (χ1n) is 5.67. The Morgan fingerprint density at radius 1 is 1.37 bits per heavy atom. The lowest BCUT2D eigenvalue weighted by atomic mass is 10.1. The molecular formula is C12H13N3O4. The molecule has 0 bridgehead atoms. The van der Waals surface area contributed by atoms with Crippen LogP contribution in [-0.2, 0) is 17.8 Å². The lowest BCUT2D eigenvalue weighted by Crippen LogP contribution is -2.32. The van der Waals surface area contributed by atoms with E-state index in [0.29, 0.717) is 11.5 Å². The minimum absolute atomic E-state index is 0.0986. The highest BCUT2D eigenvalue weighted by atomic mass is 16.3. The number of hydrogen-bond acceptors (Lipinski definition) is 4. The molecule has 3 N–H and O–H groups in total. The molecule has 0 unspecified atom stereocenters. The van der Waals surface area contributed by atoms with Crippen molar-refractivity contribution in [2.45, 2.75) is 19.9 Å². The Morgan fingerprint density at radius 3 is 2.79 bits per heavy atom. The van der Waals surface area contributed by atoms with Crippen LogP contribution in [0.5, 0.6) is 0 Å². The monoisotopic (exact) mass is 263 g/mol. The van der Waals surface area contributed by atoms with Gasteiger partial charge in [-0.15, -0.1) is 0 Å². The molecule has 0 saturated heterocycles. The van der Waals surface area contributed by atoms with Gasteiger partial charge in [0.25, 0.3) is 5.56 Å². The summed E-state index contributed by atoms with van der Waals surface area (Å²) in [6.45, 7) is 1.83.